The van der Waals surface area contributed by atoms with Crippen LogP contribution in [0.1, 0.15) is 31.1 Å². The molecule has 0 aromatic heterocycles. The van der Waals surface area contributed by atoms with Gasteiger partial charge in [0, 0.05) is 11.1 Å². The summed E-state index contributed by atoms with van der Waals surface area (Å²) < 4.78 is 0. The van der Waals surface area contributed by atoms with Gasteiger partial charge < -0.3 is 29.7 Å². The van der Waals surface area contributed by atoms with Gasteiger partial charge in [0.1, 0.15) is 0 Å². The summed E-state index contributed by atoms with van der Waals surface area (Å²) >= 11 is 0. The molecule has 1 rings (SSSR count). The normalized spacial score (nSPS) is 9.00. The largest absolute Gasteiger partial charge is 3.00 e. The molecule has 0 saturated heterocycles. The van der Waals surface area contributed by atoms with Crippen molar-refractivity contribution in [2.45, 2.75) is 0 Å². The van der Waals surface area contributed by atoms with Crippen molar-refractivity contribution in [3.63, 3.8) is 0 Å². The van der Waals surface area contributed by atoms with Gasteiger partial charge in [-0.1, -0.05) is 12.1 Å². The summed E-state index contributed by atoms with van der Waals surface area (Å²) in [6, 6.07) is 2.37. The number of hydrogen-bond acceptors (Lipinski definition) is 6. The molecule has 1 aromatic rings. The van der Waals surface area contributed by atoms with Crippen LogP contribution in [0.5, 0.6) is 0 Å². The van der Waals surface area contributed by atoms with E-state index in [9.17, 15) is 29.7 Å². The van der Waals surface area contributed by atoms with Gasteiger partial charge in [-0.15, -0.1) is 0 Å². The molecule has 0 atom stereocenters. The SMILES string of the molecule is O=C([O-])c1ccc(C(=O)[O-])c(C(=O)[O-])c1.[Co+3]. The second-order valence-corrected chi connectivity index (χ2v) is 2.62. The number of aromatic carboxylic acids is 3. The van der Waals surface area contributed by atoms with Crippen molar-refractivity contribution in [2.24, 2.45) is 0 Å². The number of carbonyl (C=O) groups excluding carboxylic acids is 3. The maximum atomic E-state index is 10.5. The van der Waals surface area contributed by atoms with Gasteiger partial charge in [-0.25, -0.2) is 0 Å². The van der Waals surface area contributed by atoms with Crippen molar-refractivity contribution in [1.82, 2.24) is 0 Å². The Morgan fingerprint density at radius 3 is 1.69 bits per heavy atom. The minimum Gasteiger partial charge on any atom is -0.545 e. The summed E-state index contributed by atoms with van der Waals surface area (Å²) in [5.41, 5.74) is -1.84. The number of carboxylic acid groups (broad SMARTS) is 3. The van der Waals surface area contributed by atoms with Crippen LogP contribution in [0.4, 0.5) is 0 Å². The molecule has 0 aliphatic carbocycles. The molecule has 0 unspecified atom stereocenters. The van der Waals surface area contributed by atoms with E-state index in [2.05, 4.69) is 0 Å². The van der Waals surface area contributed by atoms with Crippen molar-refractivity contribution in [3.05, 3.63) is 34.9 Å². The first-order valence-corrected chi connectivity index (χ1v) is 3.71. The van der Waals surface area contributed by atoms with Crippen LogP contribution >= 0.6 is 0 Å². The predicted molar refractivity (Wildman–Crippen MR) is 39.4 cm³/mol. The molecular formula is C9H3CoO6. The molecule has 0 N–H and O–H groups in total. The predicted octanol–water partition coefficient (Wildman–Crippen LogP) is -3.23. The minimum absolute atomic E-state index is 0. The van der Waals surface area contributed by atoms with E-state index >= 15 is 0 Å². The van der Waals surface area contributed by atoms with Crippen LogP contribution in [0, 0.1) is 0 Å². The van der Waals surface area contributed by atoms with E-state index in [-0.39, 0.29) is 16.8 Å². The Kier molecular flexibility index (Phi) is 4.67. The zero-order valence-electron chi connectivity index (χ0n) is 7.51. The molecule has 1 aromatic carbocycles. The molecule has 7 heteroatoms. The van der Waals surface area contributed by atoms with E-state index in [0.717, 1.165) is 12.1 Å². The van der Waals surface area contributed by atoms with Crippen LogP contribution in [0.3, 0.4) is 0 Å². The molecule has 0 aliphatic rings. The van der Waals surface area contributed by atoms with E-state index in [0.29, 0.717) is 6.07 Å². The van der Waals surface area contributed by atoms with Gasteiger partial charge in [0.2, 0.25) is 0 Å². The van der Waals surface area contributed by atoms with Gasteiger partial charge in [0.15, 0.2) is 0 Å². The van der Waals surface area contributed by atoms with E-state index in [1.54, 1.807) is 0 Å². The minimum atomic E-state index is -1.79. The fraction of sp³-hybridized carbons (Fsp3) is 0. The van der Waals surface area contributed by atoms with Crippen LogP contribution in [0.15, 0.2) is 18.2 Å². The quantitative estimate of drug-likeness (QED) is 0.567. The molecular weight excluding hydrogens is 263 g/mol. The van der Waals surface area contributed by atoms with Gasteiger partial charge in [-0.2, -0.15) is 0 Å². The first kappa shape index (κ1) is 14.1. The van der Waals surface area contributed by atoms with Gasteiger partial charge in [-0.3, -0.25) is 0 Å². The third-order valence-corrected chi connectivity index (χ3v) is 1.70. The van der Waals surface area contributed by atoms with Gasteiger partial charge in [0.25, 0.3) is 0 Å². The Bertz CT molecular complexity index is 453. The number of carbonyl (C=O) groups is 3. The maximum absolute atomic E-state index is 10.5. The topological polar surface area (TPSA) is 120 Å². The maximum Gasteiger partial charge on any atom is 3.00 e. The fourth-order valence-electron chi connectivity index (χ4n) is 1.02. The molecule has 0 saturated carbocycles. The smallest absolute Gasteiger partial charge is 0.545 e. The Morgan fingerprint density at radius 2 is 1.31 bits per heavy atom. The Morgan fingerprint density at radius 1 is 0.812 bits per heavy atom. The Hall–Kier alpha value is -1.86. The van der Waals surface area contributed by atoms with Crippen LogP contribution in [0.25, 0.3) is 0 Å². The average Bonchev–Trinajstić information content (AvgIpc) is 2.16. The summed E-state index contributed by atoms with van der Waals surface area (Å²) in [6.45, 7) is 0. The third kappa shape index (κ3) is 2.81. The van der Waals surface area contributed by atoms with Gasteiger partial charge in [-0.05, 0) is 11.6 Å². The zero-order valence-corrected chi connectivity index (χ0v) is 8.56. The second kappa shape index (κ2) is 5.28. The third-order valence-electron chi connectivity index (χ3n) is 1.70. The number of rotatable bonds is 3. The average molecular weight is 266 g/mol. The van der Waals surface area contributed by atoms with Crippen molar-refractivity contribution >= 4 is 17.9 Å². The van der Waals surface area contributed by atoms with Crippen molar-refractivity contribution in [1.29, 1.82) is 0 Å². The molecule has 0 fully saturated rings. The molecule has 0 radical (unpaired) electrons. The molecule has 0 spiro atoms. The summed E-state index contributed by atoms with van der Waals surface area (Å²) in [5.74, 6) is -5.13. The van der Waals surface area contributed by atoms with E-state index in [1.807, 2.05) is 0 Å². The van der Waals surface area contributed by atoms with Crippen molar-refractivity contribution in [2.75, 3.05) is 0 Å². The van der Waals surface area contributed by atoms with E-state index < -0.39 is 34.6 Å². The molecule has 16 heavy (non-hydrogen) atoms. The standard InChI is InChI=1S/C9H6O6.Co/c10-7(11)4-1-2-5(8(12)13)6(3-4)9(14)15;/h1-3H,(H,10,11)(H,12,13)(H,14,15);/q;+3/p-3. The monoisotopic (exact) mass is 266 g/mol. The summed E-state index contributed by atoms with van der Waals surface area (Å²) in [6.07, 6.45) is 0. The molecule has 0 heterocycles. The first-order valence-electron chi connectivity index (χ1n) is 3.71. The van der Waals surface area contributed by atoms with E-state index in [1.165, 1.54) is 0 Å². The second-order valence-electron chi connectivity index (χ2n) is 2.62. The summed E-state index contributed by atoms with van der Waals surface area (Å²) in [5, 5.41) is 31.3. The molecule has 0 bridgehead atoms. The van der Waals surface area contributed by atoms with Crippen LogP contribution < -0.4 is 15.3 Å². The number of benzene rings is 1. The van der Waals surface area contributed by atoms with Gasteiger partial charge in [0.05, 0.1) is 17.9 Å². The summed E-state index contributed by atoms with van der Waals surface area (Å²) in [7, 11) is 0. The van der Waals surface area contributed by atoms with Crippen molar-refractivity contribution < 1.29 is 46.5 Å². The fourth-order valence-corrected chi connectivity index (χ4v) is 1.02. The zero-order chi connectivity index (χ0) is 11.6. The summed E-state index contributed by atoms with van der Waals surface area (Å²) in [4.78, 5) is 31.3. The van der Waals surface area contributed by atoms with Crippen molar-refractivity contribution in [3.8, 4) is 0 Å². The van der Waals surface area contributed by atoms with Gasteiger partial charge >= 0.3 is 16.8 Å². The number of carboxylic acids is 3. The Balaban J connectivity index is 0.00000225. The van der Waals surface area contributed by atoms with Crippen LogP contribution in [-0.2, 0) is 16.8 Å². The Labute approximate surface area is 99.7 Å². The van der Waals surface area contributed by atoms with Crippen LogP contribution in [-0.4, -0.2) is 17.9 Å². The molecule has 0 aliphatic heterocycles. The van der Waals surface area contributed by atoms with E-state index in [4.69, 9.17) is 0 Å². The molecule has 6 nitrogen and oxygen atoms in total. The molecule has 84 valence electrons. The molecule has 0 amide bonds. The van der Waals surface area contributed by atoms with Crippen LogP contribution in [0.2, 0.25) is 0 Å². The first-order chi connectivity index (χ1) is 6.93. The number of hydrogen-bond donors (Lipinski definition) is 0.